The number of benzene rings is 1. The molecule has 1 aromatic rings. The van der Waals surface area contributed by atoms with Crippen LogP contribution in [-0.2, 0) is 4.79 Å². The highest BCUT2D eigenvalue weighted by Gasteiger charge is 2.19. The van der Waals surface area contributed by atoms with Crippen molar-refractivity contribution in [3.63, 3.8) is 0 Å². The van der Waals surface area contributed by atoms with E-state index in [-0.39, 0.29) is 17.9 Å². The number of rotatable bonds is 6. The van der Waals surface area contributed by atoms with Crippen LogP contribution in [-0.4, -0.2) is 37.5 Å². The molecular formula is C13H17N5O3. The third-order valence-corrected chi connectivity index (χ3v) is 2.80. The summed E-state index contributed by atoms with van der Waals surface area (Å²) in [5, 5.41) is 24.7. The summed E-state index contributed by atoms with van der Waals surface area (Å²) in [7, 11) is 3.56. The molecule has 0 saturated heterocycles. The Morgan fingerprint density at radius 3 is 2.71 bits per heavy atom. The molecule has 2 N–H and O–H groups in total. The number of nitro benzene ring substituents is 1. The predicted octanol–water partition coefficient (Wildman–Crippen LogP) is 1.10. The second-order valence-electron chi connectivity index (χ2n) is 4.59. The fourth-order valence-electron chi connectivity index (χ4n) is 1.65. The van der Waals surface area contributed by atoms with Gasteiger partial charge < -0.3 is 15.5 Å². The minimum Gasteiger partial charge on any atom is -0.377 e. The number of carbonyl (C=O) groups is 1. The third kappa shape index (κ3) is 4.35. The van der Waals surface area contributed by atoms with Gasteiger partial charge in [0.1, 0.15) is 18.3 Å². The maximum atomic E-state index is 11.7. The smallest absolute Gasteiger partial charge is 0.294 e. The Morgan fingerprint density at radius 1 is 1.52 bits per heavy atom. The third-order valence-electron chi connectivity index (χ3n) is 2.80. The average Bonchev–Trinajstić information content (AvgIpc) is 2.44. The van der Waals surface area contributed by atoms with Gasteiger partial charge in [-0.25, -0.2) is 0 Å². The molecular weight excluding hydrogens is 274 g/mol. The average molecular weight is 291 g/mol. The summed E-state index contributed by atoms with van der Waals surface area (Å²) >= 11 is 0. The van der Waals surface area contributed by atoms with E-state index in [1.807, 2.05) is 0 Å². The topological polar surface area (TPSA) is 111 Å². The van der Waals surface area contributed by atoms with Gasteiger partial charge in [0, 0.05) is 25.8 Å². The molecule has 0 saturated carbocycles. The fourth-order valence-corrected chi connectivity index (χ4v) is 1.65. The molecule has 8 nitrogen and oxygen atoms in total. The minimum atomic E-state index is -0.692. The summed E-state index contributed by atoms with van der Waals surface area (Å²) in [6.45, 7) is 1.46. The maximum Gasteiger partial charge on any atom is 0.294 e. The molecule has 0 spiro atoms. The minimum absolute atomic E-state index is 0.105. The maximum absolute atomic E-state index is 11.7. The number of nitrogens with zero attached hydrogens (tertiary/aromatic N) is 3. The number of hydrogen-bond donors (Lipinski definition) is 2. The van der Waals surface area contributed by atoms with Gasteiger partial charge in [0.15, 0.2) is 0 Å². The molecule has 0 aliphatic carbocycles. The van der Waals surface area contributed by atoms with Crippen molar-refractivity contribution in [2.24, 2.45) is 0 Å². The highest BCUT2D eigenvalue weighted by atomic mass is 16.6. The molecule has 1 aromatic carbocycles. The summed E-state index contributed by atoms with van der Waals surface area (Å²) < 4.78 is 0. The van der Waals surface area contributed by atoms with E-state index in [1.165, 1.54) is 6.07 Å². The van der Waals surface area contributed by atoms with E-state index < -0.39 is 16.9 Å². The normalized spacial score (nSPS) is 11.1. The van der Waals surface area contributed by atoms with Crippen molar-refractivity contribution in [2.45, 2.75) is 13.0 Å². The Kier molecular flexibility index (Phi) is 5.48. The first-order valence-electron chi connectivity index (χ1n) is 6.23. The number of amides is 1. The van der Waals surface area contributed by atoms with Gasteiger partial charge in [-0.1, -0.05) is 0 Å². The Labute approximate surface area is 122 Å². The van der Waals surface area contributed by atoms with Crippen molar-refractivity contribution < 1.29 is 9.72 Å². The molecule has 1 rings (SSSR count). The highest BCUT2D eigenvalue weighted by Crippen LogP contribution is 2.29. The van der Waals surface area contributed by atoms with E-state index in [0.717, 1.165) is 0 Å². The van der Waals surface area contributed by atoms with Crippen molar-refractivity contribution in [3.8, 4) is 6.07 Å². The molecule has 0 heterocycles. The lowest BCUT2D eigenvalue weighted by molar-refractivity contribution is -0.383. The van der Waals surface area contributed by atoms with E-state index >= 15 is 0 Å². The molecule has 0 bridgehead atoms. The summed E-state index contributed by atoms with van der Waals surface area (Å²) in [5.74, 6) is -0.400. The molecule has 1 unspecified atom stereocenters. The van der Waals surface area contributed by atoms with Gasteiger partial charge >= 0.3 is 0 Å². The molecule has 0 aliphatic heterocycles. The Hall–Kier alpha value is -2.82. The lowest BCUT2D eigenvalue weighted by Crippen LogP contribution is -2.37. The summed E-state index contributed by atoms with van der Waals surface area (Å²) in [5.41, 5.74) is 0.833. The van der Waals surface area contributed by atoms with Crippen molar-refractivity contribution in [3.05, 3.63) is 28.3 Å². The van der Waals surface area contributed by atoms with E-state index in [0.29, 0.717) is 5.69 Å². The van der Waals surface area contributed by atoms with Crippen LogP contribution < -0.4 is 15.5 Å². The van der Waals surface area contributed by atoms with E-state index in [1.54, 1.807) is 44.1 Å². The molecule has 1 atom stereocenters. The molecule has 0 aromatic heterocycles. The zero-order chi connectivity index (χ0) is 16.0. The quantitative estimate of drug-likeness (QED) is 0.461. The van der Waals surface area contributed by atoms with Gasteiger partial charge in [-0.15, -0.1) is 0 Å². The van der Waals surface area contributed by atoms with E-state index in [9.17, 15) is 14.9 Å². The number of nitro groups is 1. The second-order valence-corrected chi connectivity index (χ2v) is 4.59. The van der Waals surface area contributed by atoms with Crippen LogP contribution in [0.3, 0.4) is 0 Å². The number of hydrogen-bond acceptors (Lipinski definition) is 6. The largest absolute Gasteiger partial charge is 0.377 e. The van der Waals surface area contributed by atoms with Crippen molar-refractivity contribution in [2.75, 3.05) is 30.9 Å². The van der Waals surface area contributed by atoms with Gasteiger partial charge in [-0.3, -0.25) is 14.9 Å². The van der Waals surface area contributed by atoms with Crippen LogP contribution in [0.25, 0.3) is 0 Å². The van der Waals surface area contributed by atoms with Crippen molar-refractivity contribution in [1.82, 2.24) is 5.32 Å². The van der Waals surface area contributed by atoms with Crippen molar-refractivity contribution >= 4 is 23.0 Å². The monoisotopic (exact) mass is 291 g/mol. The number of nitrogens with one attached hydrogen (secondary N) is 2. The molecule has 21 heavy (non-hydrogen) atoms. The summed E-state index contributed by atoms with van der Waals surface area (Å²) in [4.78, 5) is 24.0. The standard InChI is InChI=1S/C13H17N5O3/c1-9(13(19)15-7-6-14)16-11-5-4-10(17(2)3)8-12(11)18(20)21/h4-5,8-9,16H,7H2,1-3H3,(H,15,19). The van der Waals surface area contributed by atoms with Gasteiger partial charge in [0.2, 0.25) is 5.91 Å². The lowest BCUT2D eigenvalue weighted by Gasteiger charge is -2.16. The van der Waals surface area contributed by atoms with Crippen LogP contribution in [0.4, 0.5) is 17.1 Å². The first-order chi connectivity index (χ1) is 9.86. The Balaban J connectivity index is 2.95. The van der Waals surface area contributed by atoms with Gasteiger partial charge in [0.25, 0.3) is 5.69 Å². The number of nitriles is 1. The Morgan fingerprint density at radius 2 is 2.19 bits per heavy atom. The number of anilines is 2. The SMILES string of the molecule is CC(Nc1ccc(N(C)C)cc1[N+](=O)[O-])C(=O)NCC#N. The zero-order valence-corrected chi connectivity index (χ0v) is 12.1. The van der Waals surface area contributed by atoms with Gasteiger partial charge in [-0.05, 0) is 19.1 Å². The summed E-state index contributed by atoms with van der Waals surface area (Å²) in [6.07, 6.45) is 0. The first-order valence-corrected chi connectivity index (χ1v) is 6.23. The molecule has 112 valence electrons. The Bertz CT molecular complexity index is 580. The van der Waals surface area contributed by atoms with Crippen LogP contribution in [0.15, 0.2) is 18.2 Å². The molecule has 8 heteroatoms. The fraction of sp³-hybridized carbons (Fsp3) is 0.385. The zero-order valence-electron chi connectivity index (χ0n) is 12.1. The summed E-state index contributed by atoms with van der Waals surface area (Å²) in [6, 6.07) is 5.81. The van der Waals surface area contributed by atoms with Crippen LogP contribution in [0.1, 0.15) is 6.92 Å². The first kappa shape index (κ1) is 16.2. The van der Waals surface area contributed by atoms with Crippen LogP contribution in [0.5, 0.6) is 0 Å². The highest BCUT2D eigenvalue weighted by molar-refractivity contribution is 5.85. The lowest BCUT2D eigenvalue weighted by atomic mass is 10.2. The molecule has 0 aliphatic rings. The molecule has 0 radical (unpaired) electrons. The van der Waals surface area contributed by atoms with Crippen LogP contribution >= 0.6 is 0 Å². The number of carbonyl (C=O) groups excluding carboxylic acids is 1. The van der Waals surface area contributed by atoms with Crippen molar-refractivity contribution in [1.29, 1.82) is 5.26 Å². The second kappa shape index (κ2) is 7.09. The predicted molar refractivity (Wildman–Crippen MR) is 79.1 cm³/mol. The van der Waals surface area contributed by atoms with E-state index in [4.69, 9.17) is 5.26 Å². The van der Waals surface area contributed by atoms with Gasteiger partial charge in [-0.2, -0.15) is 5.26 Å². The molecule has 1 amide bonds. The van der Waals surface area contributed by atoms with Gasteiger partial charge in [0.05, 0.1) is 11.0 Å². The van der Waals surface area contributed by atoms with E-state index in [2.05, 4.69) is 10.6 Å². The van der Waals surface area contributed by atoms with Crippen LogP contribution in [0.2, 0.25) is 0 Å². The molecule has 0 fully saturated rings. The van der Waals surface area contributed by atoms with Crippen LogP contribution in [0, 0.1) is 21.4 Å².